The molecule has 2 unspecified atom stereocenters. The Hall–Kier alpha value is -13.9. The summed E-state index contributed by atoms with van der Waals surface area (Å²) in [4.78, 5) is 157. The molecule has 45 heteroatoms. The van der Waals surface area contributed by atoms with Crippen LogP contribution in [-0.4, -0.2) is 372 Å². The first-order chi connectivity index (χ1) is 72.8. The molecule has 6 aromatic heterocycles. The number of carboxylic acid groups (broad SMARTS) is 1. The minimum absolute atomic E-state index is 0.0482. The molecule has 43 nitrogen and oxygen atoms in total. The van der Waals surface area contributed by atoms with Crippen LogP contribution >= 0.6 is 0 Å². The molecule has 8 aliphatic rings. The van der Waals surface area contributed by atoms with Gasteiger partial charge in [0.1, 0.15) is 58.4 Å². The zero-order valence-electron chi connectivity index (χ0n) is 83.0. The molecular weight excluding hydrogens is 1930 g/mol. The number of hydrogen-bond acceptors (Lipinski definition) is 35. The van der Waals surface area contributed by atoms with Crippen LogP contribution in [-0.2, 0) is 76.1 Å². The number of piperidine rings is 2. The number of ether oxygens (including phenoxy) is 10. The molecule has 792 valence electrons. The smallest absolute Gasteiger partial charge is 0.317 e. The van der Waals surface area contributed by atoms with E-state index in [1.807, 2.05) is 86.7 Å². The number of imidazole rings is 2. The highest BCUT2D eigenvalue weighted by Crippen LogP contribution is 2.40. The van der Waals surface area contributed by atoms with E-state index in [4.69, 9.17) is 78.4 Å². The molecule has 9 amide bonds. The summed E-state index contributed by atoms with van der Waals surface area (Å²) in [6.07, 6.45) is 7.84. The number of piperazine rings is 2. The van der Waals surface area contributed by atoms with Crippen LogP contribution in [0.1, 0.15) is 116 Å². The third kappa shape index (κ3) is 29.2. The van der Waals surface area contributed by atoms with E-state index < -0.39 is 65.3 Å². The number of carbonyl (C=O) groups excluding carboxylic acids is 9. The van der Waals surface area contributed by atoms with Crippen molar-refractivity contribution in [1.29, 1.82) is 0 Å². The largest absolute Gasteiger partial charge is 0.480 e. The molecule has 4 atom stereocenters. The summed E-state index contributed by atoms with van der Waals surface area (Å²) in [5.41, 5.74) is 14.0. The number of nitrogens with zero attached hydrogens (tertiary/aromatic N) is 16. The summed E-state index contributed by atoms with van der Waals surface area (Å²) in [6.45, 7) is 18.3. The van der Waals surface area contributed by atoms with Gasteiger partial charge in [-0.25, -0.2) is 37.7 Å². The van der Waals surface area contributed by atoms with Crippen molar-refractivity contribution in [1.82, 2.24) is 74.7 Å². The Morgan fingerprint density at radius 3 is 1.15 bits per heavy atom. The molecule has 0 spiro atoms. The predicted octanol–water partition coefficient (Wildman–Crippen LogP) is 6.13. The fraction of sp³-hybridized carbons (Fsp3) is 0.462. The molecule has 149 heavy (non-hydrogen) atoms. The molecule has 6 fully saturated rings. The molecule has 18 rings (SSSR count). The van der Waals surface area contributed by atoms with Crippen molar-refractivity contribution in [3.63, 3.8) is 0 Å². The van der Waals surface area contributed by atoms with Crippen LogP contribution in [0.3, 0.4) is 0 Å². The van der Waals surface area contributed by atoms with Gasteiger partial charge in [0, 0.05) is 116 Å². The Morgan fingerprint density at radius 1 is 0.389 bits per heavy atom. The molecule has 14 heterocycles. The number of fused-ring (bicyclic) bond motifs is 4. The monoisotopic (exact) mass is 2060 g/mol. The van der Waals surface area contributed by atoms with E-state index in [1.165, 1.54) is 12.1 Å². The number of nitrogens with two attached hydrogens (primary N) is 1. The third-order valence-corrected chi connectivity index (χ3v) is 26.2. The SMILES string of the molecule is NCCOCCOCCOCCOCCOCCNc1ccc2c(c1)C(=O)N(C1CCC(=O)NC1=O)C2=O.O=C(CN1CCN(c2cccc(-c3cnc4ccc(N5CCC[C@@H]5c5cccc(F)c5)nn34)n2)CC1)NCCOCCOCCOCCOCCOCCNc1ccc2c(c1)C(=O)N(C1CCC(=O)NC1=O)C2=O.O=C(O)CN1CCN(c2cccc(-c3cnc4ccc(N5CCC[C@@H]5c5cccc(F)c5)nn34)n2)CC1. The summed E-state index contributed by atoms with van der Waals surface area (Å²) in [5, 5.41) is 32.6. The highest BCUT2D eigenvalue weighted by atomic mass is 19.1. The number of hydrogen-bond donors (Lipinski definition) is 7. The van der Waals surface area contributed by atoms with Crippen molar-refractivity contribution in [2.45, 2.75) is 75.5 Å². The van der Waals surface area contributed by atoms with Crippen LogP contribution in [0.25, 0.3) is 34.1 Å². The molecule has 8 N–H and O–H groups in total. The Labute approximate surface area is 858 Å². The first kappa shape index (κ1) is 108. The van der Waals surface area contributed by atoms with Crippen molar-refractivity contribution in [2.24, 2.45) is 5.73 Å². The number of rotatable bonds is 51. The molecule has 0 aliphatic carbocycles. The van der Waals surface area contributed by atoms with Crippen molar-refractivity contribution >= 4 is 105 Å². The topological polar surface area (TPSA) is 481 Å². The zero-order chi connectivity index (χ0) is 104. The van der Waals surface area contributed by atoms with Gasteiger partial charge in [0.15, 0.2) is 11.3 Å². The highest BCUT2D eigenvalue weighted by molar-refractivity contribution is 6.25. The standard InChI is InChI=1S/C52H62FN11O10.C27H28FN7O2.C25H36N4O9/c53-37-5-1-4-36(32-37)42-7-3-17-62(42)47-13-12-45-56-34-44(64(45)59-47)41-6-2-8-46(57-41)61-20-18-60(19-21-61)35-49(66)55-16-23-71-25-27-73-29-31-74-30-28-72-26-24-70-22-15-54-38-9-10-39-40(33-38)52(69)63(51(39)68)43-11-14-48(65)58-50(43)67;28-20-5-1-4-19(16-20)22-7-3-11-34(22)26-10-9-24-29-17-23(35(24)31-26)21-6-2-8-25(30-21)33-14-12-32(13-15-33)18-27(36)37;26-5-7-34-9-11-36-13-15-38-16-14-37-12-10-35-8-6-27-18-1-2-19-20(17-18)25(33)29(24(19)32)21-3-4-22(30)28-23(21)31/h1-2,4-6,8-10,12-13,32-34,42-43,54H,3,7,11,14-31,35H2,(H,55,66)(H,58,65,67);1-2,4-6,8-10,16-17,22H,3,7,11-15,18H2,(H,36,37);1-2,17,21,27H,3-16,26H2,(H,28,30,31)/t42-,43?;22-;/m11./s1. The summed E-state index contributed by atoms with van der Waals surface area (Å²) in [7, 11) is 0. The van der Waals surface area contributed by atoms with Crippen molar-refractivity contribution in [3.8, 4) is 22.8 Å². The normalized spacial score (nSPS) is 18.0. The fourth-order valence-corrected chi connectivity index (χ4v) is 18.8. The molecule has 6 saturated heterocycles. The van der Waals surface area contributed by atoms with Crippen LogP contribution in [0.4, 0.5) is 43.4 Å². The van der Waals surface area contributed by atoms with E-state index in [-0.39, 0.29) is 84.1 Å². The first-order valence-corrected chi connectivity index (χ1v) is 50.6. The summed E-state index contributed by atoms with van der Waals surface area (Å²) in [5.74, 6) is -2.24. The van der Waals surface area contributed by atoms with Gasteiger partial charge in [-0.15, -0.1) is 10.2 Å². The zero-order valence-corrected chi connectivity index (χ0v) is 83.0. The number of carboxylic acids is 1. The Kier molecular flexibility index (Phi) is 39.3. The van der Waals surface area contributed by atoms with Crippen LogP contribution in [0.2, 0.25) is 0 Å². The van der Waals surface area contributed by atoms with Crippen molar-refractivity contribution < 1.29 is 109 Å². The van der Waals surface area contributed by atoms with E-state index in [1.54, 1.807) is 73.1 Å². The van der Waals surface area contributed by atoms with E-state index in [9.17, 15) is 56.7 Å². The maximum atomic E-state index is 14.1. The van der Waals surface area contributed by atoms with E-state index in [0.29, 0.717) is 189 Å². The van der Waals surface area contributed by atoms with Crippen LogP contribution in [0.15, 0.2) is 158 Å². The molecule has 0 saturated carbocycles. The van der Waals surface area contributed by atoms with Crippen LogP contribution in [0.5, 0.6) is 0 Å². The van der Waals surface area contributed by atoms with Crippen LogP contribution < -0.4 is 51.9 Å². The Balaban J connectivity index is 0.000000176. The van der Waals surface area contributed by atoms with Gasteiger partial charge >= 0.3 is 5.97 Å². The lowest BCUT2D eigenvalue weighted by Crippen LogP contribution is -2.54. The number of amides is 9. The average molecular weight is 2060 g/mol. The second-order valence-corrected chi connectivity index (χ2v) is 36.2. The number of benzene rings is 4. The molecule has 10 aromatic rings. The van der Waals surface area contributed by atoms with Crippen molar-refractivity contribution in [2.75, 3.05) is 267 Å². The second kappa shape index (κ2) is 54.3. The lowest BCUT2D eigenvalue weighted by molar-refractivity contribution is -0.139. The minimum Gasteiger partial charge on any atom is -0.480 e. The van der Waals surface area contributed by atoms with Gasteiger partial charge in [0.2, 0.25) is 29.5 Å². The van der Waals surface area contributed by atoms with E-state index in [2.05, 4.69) is 61.1 Å². The summed E-state index contributed by atoms with van der Waals surface area (Å²) in [6, 6.07) is 41.2. The van der Waals surface area contributed by atoms with Gasteiger partial charge in [0.05, 0.1) is 203 Å². The Morgan fingerprint density at radius 2 is 0.765 bits per heavy atom. The number of imide groups is 4. The van der Waals surface area contributed by atoms with E-state index >= 15 is 0 Å². The lowest BCUT2D eigenvalue weighted by atomic mass is 10.0. The third-order valence-electron chi connectivity index (χ3n) is 26.2. The Bertz CT molecular complexity index is 6270. The van der Waals surface area contributed by atoms with Gasteiger partial charge in [0.25, 0.3) is 23.6 Å². The second-order valence-electron chi connectivity index (χ2n) is 36.2. The van der Waals surface area contributed by atoms with Crippen molar-refractivity contribution in [3.05, 3.63) is 203 Å². The van der Waals surface area contributed by atoms with E-state index in [0.717, 1.165) is 156 Å². The molecule has 8 aliphatic heterocycles. The summed E-state index contributed by atoms with van der Waals surface area (Å²) < 4.78 is 86.5. The van der Waals surface area contributed by atoms with Gasteiger partial charge in [-0.3, -0.25) is 78.2 Å². The number of anilines is 6. The quantitative estimate of drug-likeness (QED) is 0.0166. The molecule has 4 aromatic carbocycles. The van der Waals surface area contributed by atoms with Gasteiger partial charge < -0.3 is 93.8 Å². The maximum absolute atomic E-state index is 14.1. The van der Waals surface area contributed by atoms with Gasteiger partial charge in [-0.05, 0) is 159 Å². The molecule has 0 bridgehead atoms. The maximum Gasteiger partial charge on any atom is 0.317 e. The fourth-order valence-electron chi connectivity index (χ4n) is 18.8. The summed E-state index contributed by atoms with van der Waals surface area (Å²) >= 11 is 0. The van der Waals surface area contributed by atoms with Crippen LogP contribution in [0, 0.1) is 11.6 Å². The number of halogens is 2. The minimum atomic E-state index is -1.00. The number of aromatic nitrogens is 8. The predicted molar refractivity (Wildman–Crippen MR) is 542 cm³/mol. The number of carbonyl (C=O) groups is 10. The molecular formula is C104H126F2N22O21. The number of nitrogens with one attached hydrogen (secondary N) is 5. The lowest BCUT2D eigenvalue weighted by Gasteiger charge is -2.35. The number of pyridine rings is 2. The van der Waals surface area contributed by atoms with Gasteiger partial charge in [-0.2, -0.15) is 0 Å². The van der Waals surface area contributed by atoms with Gasteiger partial charge in [-0.1, -0.05) is 36.4 Å². The molecule has 0 radical (unpaired) electrons. The average Bonchev–Trinajstić information content (AvgIpc) is 1.61. The number of aliphatic carboxylic acids is 1. The highest BCUT2D eigenvalue weighted by Gasteiger charge is 2.47. The first-order valence-electron chi connectivity index (χ1n) is 50.6.